The van der Waals surface area contributed by atoms with E-state index in [9.17, 15) is 9.90 Å². The van der Waals surface area contributed by atoms with E-state index in [0.29, 0.717) is 0 Å². The van der Waals surface area contributed by atoms with E-state index in [2.05, 4.69) is 10.1 Å². The van der Waals surface area contributed by atoms with Crippen LogP contribution in [0.4, 0.5) is 0 Å². The Labute approximate surface area is 89.3 Å². The number of aliphatic hydroxyl groups is 2. The molecular weight excluding hydrogens is 218 g/mol. The molecule has 1 amide bonds. The first-order valence-corrected chi connectivity index (χ1v) is 4.43. The summed E-state index contributed by atoms with van der Waals surface area (Å²) in [5.41, 5.74) is 4.93. The maximum absolute atomic E-state index is 10.7. The van der Waals surface area contributed by atoms with E-state index >= 15 is 0 Å². The van der Waals surface area contributed by atoms with Crippen LogP contribution in [0.25, 0.3) is 5.76 Å². The average Bonchev–Trinajstić information content (AvgIpc) is 2.83. The van der Waals surface area contributed by atoms with Crippen molar-refractivity contribution >= 4 is 11.7 Å². The fourth-order valence-electron chi connectivity index (χ4n) is 1.23. The van der Waals surface area contributed by atoms with E-state index in [1.807, 2.05) is 0 Å². The van der Waals surface area contributed by atoms with Gasteiger partial charge in [-0.15, -0.1) is 0 Å². The van der Waals surface area contributed by atoms with Gasteiger partial charge in [0.2, 0.25) is 0 Å². The number of ether oxygens (including phenoxy) is 1. The lowest BCUT2D eigenvalue weighted by Crippen LogP contribution is -2.25. The molecule has 0 spiro atoms. The van der Waals surface area contributed by atoms with Gasteiger partial charge in [0.25, 0.3) is 17.6 Å². The number of hydrogen-bond donors (Lipinski definition) is 3. The van der Waals surface area contributed by atoms with Crippen LogP contribution in [0.1, 0.15) is 16.5 Å². The van der Waals surface area contributed by atoms with Crippen molar-refractivity contribution in [2.24, 2.45) is 5.73 Å². The molecule has 0 bridgehead atoms. The number of primary amides is 1. The molecule has 16 heavy (non-hydrogen) atoms. The van der Waals surface area contributed by atoms with E-state index in [1.54, 1.807) is 0 Å². The Morgan fingerprint density at radius 3 is 2.88 bits per heavy atom. The maximum atomic E-state index is 10.7. The number of hydrogen-bond acceptors (Lipinski definition) is 7. The average molecular weight is 227 g/mol. The van der Waals surface area contributed by atoms with Gasteiger partial charge in [-0.05, 0) is 6.08 Å². The predicted molar refractivity (Wildman–Crippen MR) is 48.8 cm³/mol. The van der Waals surface area contributed by atoms with Crippen molar-refractivity contribution < 1.29 is 24.3 Å². The maximum Gasteiger partial charge on any atom is 0.293 e. The highest BCUT2D eigenvalue weighted by Gasteiger charge is 2.30. The summed E-state index contributed by atoms with van der Waals surface area (Å²) in [6.07, 6.45) is -0.415. The molecule has 0 saturated carbocycles. The highest BCUT2D eigenvalue weighted by Crippen LogP contribution is 2.25. The largest absolute Gasteiger partial charge is 0.479 e. The van der Waals surface area contributed by atoms with Crippen molar-refractivity contribution in [2.75, 3.05) is 6.61 Å². The lowest BCUT2D eigenvalue weighted by atomic mass is 10.2. The minimum atomic E-state index is -0.955. The summed E-state index contributed by atoms with van der Waals surface area (Å²) in [6.45, 7) is -0.349. The van der Waals surface area contributed by atoms with Crippen LogP contribution >= 0.6 is 0 Å². The quantitative estimate of drug-likeness (QED) is 0.558. The molecule has 1 aromatic rings. The van der Waals surface area contributed by atoms with Crippen molar-refractivity contribution in [3.8, 4) is 0 Å². The van der Waals surface area contributed by atoms with E-state index in [1.165, 1.54) is 6.08 Å². The first kappa shape index (κ1) is 10.6. The number of nitrogens with two attached hydrogens (primary N) is 1. The number of rotatable bonds is 3. The lowest BCUT2D eigenvalue weighted by molar-refractivity contribution is 0.0277. The van der Waals surface area contributed by atoms with Crippen molar-refractivity contribution in [2.45, 2.75) is 12.2 Å². The fraction of sp³-hybridized carbons (Fsp3) is 0.375. The van der Waals surface area contributed by atoms with Crippen molar-refractivity contribution in [1.29, 1.82) is 0 Å². The second-order valence-electron chi connectivity index (χ2n) is 3.15. The molecule has 1 aliphatic rings. The molecule has 1 aliphatic heterocycles. The third kappa shape index (κ3) is 1.75. The zero-order chi connectivity index (χ0) is 11.7. The summed E-state index contributed by atoms with van der Waals surface area (Å²) in [5, 5.41) is 21.5. The molecule has 0 radical (unpaired) electrons. The SMILES string of the molecule is NC(=O)c1noc(C2=C[C@H](O)[C@@H](CO)O2)n1. The van der Waals surface area contributed by atoms with Crippen molar-refractivity contribution in [1.82, 2.24) is 10.1 Å². The van der Waals surface area contributed by atoms with Gasteiger partial charge < -0.3 is 25.2 Å². The summed E-state index contributed by atoms with van der Waals surface area (Å²) in [4.78, 5) is 14.4. The molecule has 0 saturated heterocycles. The van der Waals surface area contributed by atoms with E-state index < -0.39 is 18.1 Å². The Kier molecular flexibility index (Phi) is 2.59. The summed E-state index contributed by atoms with van der Waals surface area (Å²) in [6, 6.07) is 0. The van der Waals surface area contributed by atoms with Crippen LogP contribution in [0.3, 0.4) is 0 Å². The highest BCUT2D eigenvalue weighted by molar-refractivity contribution is 5.88. The Morgan fingerprint density at radius 2 is 2.38 bits per heavy atom. The molecule has 4 N–H and O–H groups in total. The van der Waals surface area contributed by atoms with Crippen LogP contribution in [0.15, 0.2) is 10.6 Å². The van der Waals surface area contributed by atoms with Gasteiger partial charge in [0.05, 0.1) is 6.61 Å². The summed E-state index contributed by atoms with van der Waals surface area (Å²) >= 11 is 0. The Morgan fingerprint density at radius 1 is 1.62 bits per heavy atom. The van der Waals surface area contributed by atoms with Gasteiger partial charge in [0, 0.05) is 0 Å². The Balaban J connectivity index is 2.19. The van der Waals surface area contributed by atoms with Gasteiger partial charge in [0.1, 0.15) is 6.10 Å². The van der Waals surface area contributed by atoms with E-state index in [0.717, 1.165) is 0 Å². The molecule has 8 nitrogen and oxygen atoms in total. The fourth-order valence-corrected chi connectivity index (χ4v) is 1.23. The number of carbonyl (C=O) groups excluding carboxylic acids is 1. The molecule has 2 rings (SSSR count). The normalized spacial score (nSPS) is 24.0. The summed E-state index contributed by atoms with van der Waals surface area (Å²) < 4.78 is 9.82. The van der Waals surface area contributed by atoms with Gasteiger partial charge >= 0.3 is 0 Å². The zero-order valence-corrected chi connectivity index (χ0v) is 8.03. The number of nitrogens with zero attached hydrogens (tertiary/aromatic N) is 2. The third-order valence-electron chi connectivity index (χ3n) is 2.02. The summed E-state index contributed by atoms with van der Waals surface area (Å²) in [5.74, 6) is -1.05. The molecule has 0 aliphatic carbocycles. The lowest BCUT2D eigenvalue weighted by Gasteiger charge is -2.10. The molecule has 86 valence electrons. The van der Waals surface area contributed by atoms with Crippen LogP contribution in [0.5, 0.6) is 0 Å². The van der Waals surface area contributed by atoms with Crippen LogP contribution in [-0.4, -0.2) is 45.1 Å². The number of aromatic nitrogens is 2. The van der Waals surface area contributed by atoms with E-state index in [-0.39, 0.29) is 24.1 Å². The first-order valence-electron chi connectivity index (χ1n) is 4.43. The number of aliphatic hydroxyl groups excluding tert-OH is 2. The standard InChI is InChI=1S/C8H9N3O5/c9-6(14)7-10-8(16-11-7)4-1-3(13)5(2-12)15-4/h1,3,5,12-13H,2H2,(H2,9,14)/t3-,5+/m0/s1. The number of carbonyl (C=O) groups is 1. The first-order chi connectivity index (χ1) is 7.61. The van der Waals surface area contributed by atoms with Crippen LogP contribution in [0.2, 0.25) is 0 Å². The van der Waals surface area contributed by atoms with Gasteiger partial charge in [-0.25, -0.2) is 0 Å². The van der Waals surface area contributed by atoms with Gasteiger partial charge in [-0.3, -0.25) is 4.79 Å². The summed E-state index contributed by atoms with van der Waals surface area (Å²) in [7, 11) is 0. The topological polar surface area (TPSA) is 132 Å². The minimum Gasteiger partial charge on any atom is -0.479 e. The molecular formula is C8H9N3O5. The zero-order valence-electron chi connectivity index (χ0n) is 8.03. The Hall–Kier alpha value is -1.93. The van der Waals surface area contributed by atoms with Crippen LogP contribution in [-0.2, 0) is 4.74 Å². The molecule has 2 heterocycles. The third-order valence-corrected chi connectivity index (χ3v) is 2.02. The predicted octanol–water partition coefficient (Wildman–Crippen LogP) is -1.74. The second kappa shape index (κ2) is 3.91. The highest BCUT2D eigenvalue weighted by atomic mass is 16.5. The van der Waals surface area contributed by atoms with Gasteiger partial charge in [0.15, 0.2) is 11.9 Å². The van der Waals surface area contributed by atoms with Gasteiger partial charge in [-0.2, -0.15) is 4.98 Å². The molecule has 1 aromatic heterocycles. The minimum absolute atomic E-state index is 0.0659. The molecule has 8 heteroatoms. The Bertz CT molecular complexity index is 441. The molecule has 0 unspecified atom stereocenters. The van der Waals surface area contributed by atoms with Crippen LogP contribution in [0, 0.1) is 0 Å². The molecule has 2 atom stereocenters. The van der Waals surface area contributed by atoms with Gasteiger partial charge in [-0.1, -0.05) is 5.16 Å². The van der Waals surface area contributed by atoms with E-state index in [4.69, 9.17) is 20.1 Å². The number of amides is 1. The molecule has 0 aromatic carbocycles. The monoisotopic (exact) mass is 227 g/mol. The van der Waals surface area contributed by atoms with Crippen molar-refractivity contribution in [3.05, 3.63) is 17.8 Å². The van der Waals surface area contributed by atoms with Crippen molar-refractivity contribution in [3.63, 3.8) is 0 Å². The molecule has 0 fully saturated rings. The smallest absolute Gasteiger partial charge is 0.293 e. The second-order valence-corrected chi connectivity index (χ2v) is 3.15. The van der Waals surface area contributed by atoms with Crippen LogP contribution < -0.4 is 5.73 Å².